The lowest BCUT2D eigenvalue weighted by Gasteiger charge is -2.30. The fourth-order valence-corrected chi connectivity index (χ4v) is 6.55. The normalized spacial score (nSPS) is 15.4. The number of hydrogen-bond acceptors (Lipinski definition) is 2. The molecule has 35 heavy (non-hydrogen) atoms. The second kappa shape index (κ2) is 7.67. The highest BCUT2D eigenvalue weighted by Gasteiger charge is 2.50. The summed E-state index contributed by atoms with van der Waals surface area (Å²) in [6.07, 6.45) is 3.13. The third-order valence-electron chi connectivity index (χ3n) is 8.09. The molecule has 1 spiro atoms. The van der Waals surface area contributed by atoms with E-state index in [1.54, 1.807) is 24.3 Å². The van der Waals surface area contributed by atoms with Crippen LogP contribution in [0.4, 0.5) is 8.78 Å². The predicted molar refractivity (Wildman–Crippen MR) is 134 cm³/mol. The highest BCUT2D eigenvalue weighted by molar-refractivity contribution is 5.81. The van der Waals surface area contributed by atoms with Gasteiger partial charge in [0.05, 0.1) is 0 Å². The van der Waals surface area contributed by atoms with Crippen molar-refractivity contribution in [3.63, 3.8) is 0 Å². The van der Waals surface area contributed by atoms with E-state index in [0.29, 0.717) is 22.3 Å². The zero-order chi connectivity index (χ0) is 24.5. The Bertz CT molecular complexity index is 1400. The van der Waals surface area contributed by atoms with Gasteiger partial charge < -0.3 is 10.2 Å². The molecule has 2 N–H and O–H groups in total. The number of aryl methyl sites for hydroxylation is 2. The molecule has 0 atom stereocenters. The number of benzene rings is 4. The van der Waals surface area contributed by atoms with Crippen LogP contribution in [0.3, 0.4) is 0 Å². The van der Waals surface area contributed by atoms with Crippen molar-refractivity contribution in [2.24, 2.45) is 0 Å². The summed E-state index contributed by atoms with van der Waals surface area (Å²) in [6, 6.07) is 16.4. The number of halogens is 2. The van der Waals surface area contributed by atoms with Gasteiger partial charge in [-0.15, -0.1) is 0 Å². The van der Waals surface area contributed by atoms with Gasteiger partial charge in [0.25, 0.3) is 0 Å². The maximum absolute atomic E-state index is 14.0. The van der Waals surface area contributed by atoms with Gasteiger partial charge in [0.1, 0.15) is 23.1 Å². The number of phenolic OH excluding ortho intramolecular Hbond substituents is 2. The largest absolute Gasteiger partial charge is 0.507 e. The van der Waals surface area contributed by atoms with Gasteiger partial charge in [-0.1, -0.05) is 24.3 Å². The van der Waals surface area contributed by atoms with Crippen molar-refractivity contribution in [2.45, 2.75) is 44.9 Å². The van der Waals surface area contributed by atoms with Gasteiger partial charge in [0, 0.05) is 27.7 Å². The minimum absolute atomic E-state index is 0.162. The molecule has 176 valence electrons. The van der Waals surface area contributed by atoms with E-state index in [2.05, 4.69) is 0 Å². The molecule has 0 bridgehead atoms. The van der Waals surface area contributed by atoms with Crippen LogP contribution in [0.5, 0.6) is 11.5 Å². The first-order valence-electron chi connectivity index (χ1n) is 12.0. The van der Waals surface area contributed by atoms with Crippen molar-refractivity contribution in [3.05, 3.63) is 106 Å². The Morgan fingerprint density at radius 3 is 1.49 bits per heavy atom. The van der Waals surface area contributed by atoms with Crippen LogP contribution in [-0.4, -0.2) is 10.2 Å². The summed E-state index contributed by atoms with van der Waals surface area (Å²) < 4.78 is 28.1. The van der Waals surface area contributed by atoms with Crippen LogP contribution < -0.4 is 0 Å². The van der Waals surface area contributed by atoms with Crippen molar-refractivity contribution >= 4 is 0 Å². The van der Waals surface area contributed by atoms with Crippen LogP contribution in [-0.2, 0) is 18.3 Å². The molecule has 6 rings (SSSR count). The zero-order valence-corrected chi connectivity index (χ0v) is 19.8. The van der Waals surface area contributed by atoms with Crippen LogP contribution >= 0.6 is 0 Å². The lowest BCUT2D eigenvalue weighted by molar-refractivity contribution is 0.418. The third kappa shape index (κ3) is 3.12. The monoisotopic (exact) mass is 468 g/mol. The van der Waals surface area contributed by atoms with Crippen molar-refractivity contribution in [3.8, 4) is 33.8 Å². The van der Waals surface area contributed by atoms with Gasteiger partial charge in [-0.05, 0) is 109 Å². The molecule has 0 aliphatic heterocycles. The molecule has 2 aliphatic carbocycles. The molecule has 0 saturated heterocycles. The Labute approximate surface area is 203 Å². The Hall–Kier alpha value is -3.66. The fourth-order valence-electron chi connectivity index (χ4n) is 6.55. The van der Waals surface area contributed by atoms with E-state index in [9.17, 15) is 19.0 Å². The van der Waals surface area contributed by atoms with Gasteiger partial charge in [0.15, 0.2) is 0 Å². The summed E-state index contributed by atoms with van der Waals surface area (Å²) in [5, 5.41) is 23.3. The van der Waals surface area contributed by atoms with Crippen LogP contribution in [0.1, 0.15) is 46.2 Å². The number of fused-ring (bicyclic) bond motifs is 4. The predicted octanol–water partition coefficient (Wildman–Crippen LogP) is 7.51. The Kier molecular flexibility index (Phi) is 4.79. The Balaban J connectivity index is 1.62. The van der Waals surface area contributed by atoms with Gasteiger partial charge in [-0.25, -0.2) is 8.78 Å². The molecule has 0 heterocycles. The van der Waals surface area contributed by atoms with Crippen LogP contribution in [0.2, 0.25) is 0 Å². The molecule has 4 aromatic rings. The topological polar surface area (TPSA) is 40.5 Å². The van der Waals surface area contributed by atoms with E-state index in [0.717, 1.165) is 59.1 Å². The van der Waals surface area contributed by atoms with Crippen molar-refractivity contribution in [1.82, 2.24) is 0 Å². The molecular formula is C31H26F2O2. The average molecular weight is 469 g/mol. The number of aromatic hydroxyl groups is 2. The summed E-state index contributed by atoms with van der Waals surface area (Å²) in [6.45, 7) is 4.06. The quantitative estimate of drug-likeness (QED) is 0.320. The van der Waals surface area contributed by atoms with Crippen LogP contribution in [0, 0.1) is 25.5 Å². The van der Waals surface area contributed by atoms with E-state index in [1.165, 1.54) is 24.3 Å². The number of rotatable bonds is 2. The molecule has 2 nitrogen and oxygen atoms in total. The van der Waals surface area contributed by atoms with Crippen molar-refractivity contribution in [1.29, 1.82) is 0 Å². The van der Waals surface area contributed by atoms with Crippen LogP contribution in [0.15, 0.2) is 60.7 Å². The third-order valence-corrected chi connectivity index (χ3v) is 8.09. The minimum Gasteiger partial charge on any atom is -0.507 e. The van der Waals surface area contributed by atoms with Crippen molar-refractivity contribution in [2.75, 3.05) is 0 Å². The van der Waals surface area contributed by atoms with Gasteiger partial charge >= 0.3 is 0 Å². The van der Waals surface area contributed by atoms with E-state index >= 15 is 0 Å². The molecule has 0 unspecified atom stereocenters. The Morgan fingerprint density at radius 2 is 1.09 bits per heavy atom. The lowest BCUT2D eigenvalue weighted by Crippen LogP contribution is -2.22. The average Bonchev–Trinajstić information content (AvgIpc) is 3.42. The van der Waals surface area contributed by atoms with E-state index < -0.39 is 5.41 Å². The number of phenols is 2. The second-order valence-corrected chi connectivity index (χ2v) is 9.99. The Morgan fingerprint density at radius 1 is 0.657 bits per heavy atom. The minimum atomic E-state index is -0.541. The maximum Gasteiger partial charge on any atom is 0.127 e. The van der Waals surface area contributed by atoms with Crippen molar-refractivity contribution < 1.29 is 19.0 Å². The lowest BCUT2D eigenvalue weighted by atomic mass is 9.73. The number of hydrogen-bond donors (Lipinski definition) is 2. The van der Waals surface area contributed by atoms with Gasteiger partial charge in [-0.2, -0.15) is 0 Å². The molecular weight excluding hydrogens is 442 g/mol. The first-order chi connectivity index (χ1) is 16.8. The first-order valence-corrected chi connectivity index (χ1v) is 12.0. The molecule has 0 fully saturated rings. The summed E-state index contributed by atoms with van der Waals surface area (Å²) in [5.41, 5.74) is 7.93. The maximum atomic E-state index is 14.0. The summed E-state index contributed by atoms with van der Waals surface area (Å²) in [7, 11) is 0. The SMILES string of the molecule is Cc1cc(-c2cccc(F)c2)c(O)c2c1CCC21CCc2c(C)cc(-c3cccc(F)c3)c(O)c21. The van der Waals surface area contributed by atoms with Gasteiger partial charge in [-0.3, -0.25) is 0 Å². The zero-order valence-electron chi connectivity index (χ0n) is 19.8. The molecule has 0 saturated carbocycles. The fraction of sp³-hybridized carbons (Fsp3) is 0.226. The molecule has 4 aromatic carbocycles. The molecule has 0 aromatic heterocycles. The van der Waals surface area contributed by atoms with E-state index in [-0.39, 0.29) is 23.1 Å². The standard InChI is InChI=1S/C31H26F2O2/c1-17-13-25(19-5-3-7-21(32)15-19)29(34)27-23(17)9-11-31(27)12-10-24-18(2)14-26(30(35)28(24)31)20-6-4-8-22(33)16-20/h3-8,13-16,34-35H,9-12H2,1-2H3. The first kappa shape index (κ1) is 21.8. The van der Waals surface area contributed by atoms with Gasteiger partial charge in [0.2, 0.25) is 0 Å². The summed E-state index contributed by atoms with van der Waals surface area (Å²) in [5.74, 6) is -0.382. The molecule has 0 amide bonds. The molecule has 2 aliphatic rings. The summed E-state index contributed by atoms with van der Waals surface area (Å²) >= 11 is 0. The highest BCUT2D eigenvalue weighted by atomic mass is 19.1. The highest BCUT2D eigenvalue weighted by Crippen LogP contribution is 2.60. The second-order valence-electron chi connectivity index (χ2n) is 9.99. The van der Waals surface area contributed by atoms with E-state index in [1.807, 2.05) is 26.0 Å². The van der Waals surface area contributed by atoms with Crippen LogP contribution in [0.25, 0.3) is 22.3 Å². The summed E-state index contributed by atoms with van der Waals surface area (Å²) in [4.78, 5) is 0. The smallest absolute Gasteiger partial charge is 0.127 e. The molecule has 4 heteroatoms. The van der Waals surface area contributed by atoms with E-state index in [4.69, 9.17) is 0 Å². The molecule has 0 radical (unpaired) electrons.